The standard InChI is InChI=1S/C18H27N3O5/c1-13(21-6-8-26-9-7-21)11-19-17(22)12-20-18(23)14-4-5-15(24-2)16(10-14)25-3/h4-5,10,13H,6-9,11-12H2,1-3H3,(H,19,22)(H,20,23). The minimum atomic E-state index is -0.345. The summed E-state index contributed by atoms with van der Waals surface area (Å²) < 4.78 is 15.6. The lowest BCUT2D eigenvalue weighted by Gasteiger charge is -2.32. The number of methoxy groups -OCH3 is 2. The van der Waals surface area contributed by atoms with Crippen molar-refractivity contribution in [3.05, 3.63) is 23.8 Å². The number of hydrogen-bond acceptors (Lipinski definition) is 6. The molecule has 1 heterocycles. The molecule has 1 aliphatic rings. The molecule has 0 aliphatic carbocycles. The molecular formula is C18H27N3O5. The van der Waals surface area contributed by atoms with Crippen molar-refractivity contribution in [3.8, 4) is 11.5 Å². The Kier molecular flexibility index (Phi) is 7.68. The summed E-state index contributed by atoms with van der Waals surface area (Å²) in [4.78, 5) is 26.4. The van der Waals surface area contributed by atoms with Gasteiger partial charge in [-0.2, -0.15) is 0 Å². The monoisotopic (exact) mass is 365 g/mol. The van der Waals surface area contributed by atoms with E-state index in [0.717, 1.165) is 26.3 Å². The molecule has 2 rings (SSSR count). The third kappa shape index (κ3) is 5.60. The van der Waals surface area contributed by atoms with Gasteiger partial charge in [-0.1, -0.05) is 0 Å². The largest absolute Gasteiger partial charge is 0.493 e. The van der Waals surface area contributed by atoms with Crippen LogP contribution in [-0.4, -0.2) is 76.4 Å². The van der Waals surface area contributed by atoms with Crippen LogP contribution in [0.2, 0.25) is 0 Å². The van der Waals surface area contributed by atoms with Gasteiger partial charge in [-0.3, -0.25) is 14.5 Å². The first-order valence-corrected chi connectivity index (χ1v) is 8.64. The summed E-state index contributed by atoms with van der Waals surface area (Å²) in [5.74, 6) is 0.434. The van der Waals surface area contributed by atoms with E-state index < -0.39 is 0 Å². The summed E-state index contributed by atoms with van der Waals surface area (Å²) in [6.07, 6.45) is 0. The van der Waals surface area contributed by atoms with Gasteiger partial charge in [0.25, 0.3) is 5.91 Å². The Balaban J connectivity index is 1.76. The Morgan fingerprint density at radius 2 is 1.85 bits per heavy atom. The second-order valence-electron chi connectivity index (χ2n) is 6.05. The van der Waals surface area contributed by atoms with Crippen LogP contribution < -0.4 is 20.1 Å². The van der Waals surface area contributed by atoms with Gasteiger partial charge >= 0.3 is 0 Å². The fourth-order valence-corrected chi connectivity index (χ4v) is 2.71. The van der Waals surface area contributed by atoms with Gasteiger partial charge < -0.3 is 24.8 Å². The van der Waals surface area contributed by atoms with Gasteiger partial charge in [0.1, 0.15) is 0 Å². The summed E-state index contributed by atoms with van der Waals surface area (Å²) in [5, 5.41) is 5.46. The number of hydrogen-bond donors (Lipinski definition) is 2. The Morgan fingerprint density at radius 3 is 2.50 bits per heavy atom. The summed E-state index contributed by atoms with van der Waals surface area (Å²) >= 11 is 0. The molecule has 1 aliphatic heterocycles. The number of nitrogens with one attached hydrogen (secondary N) is 2. The van der Waals surface area contributed by atoms with E-state index in [1.807, 2.05) is 0 Å². The lowest BCUT2D eigenvalue weighted by molar-refractivity contribution is -0.120. The van der Waals surface area contributed by atoms with E-state index in [-0.39, 0.29) is 24.4 Å². The van der Waals surface area contributed by atoms with E-state index in [9.17, 15) is 9.59 Å². The van der Waals surface area contributed by atoms with Gasteiger partial charge in [0.05, 0.1) is 34.0 Å². The van der Waals surface area contributed by atoms with Crippen LogP contribution in [0, 0.1) is 0 Å². The van der Waals surface area contributed by atoms with Crippen molar-refractivity contribution >= 4 is 11.8 Å². The Bertz CT molecular complexity index is 617. The van der Waals surface area contributed by atoms with Crippen LogP contribution in [0.4, 0.5) is 0 Å². The predicted octanol–water partition coefficient (Wildman–Crippen LogP) is 0.271. The highest BCUT2D eigenvalue weighted by atomic mass is 16.5. The molecule has 26 heavy (non-hydrogen) atoms. The van der Waals surface area contributed by atoms with E-state index >= 15 is 0 Å². The van der Waals surface area contributed by atoms with Gasteiger partial charge in [0.2, 0.25) is 5.91 Å². The number of ether oxygens (including phenoxy) is 3. The van der Waals surface area contributed by atoms with Crippen molar-refractivity contribution < 1.29 is 23.8 Å². The van der Waals surface area contributed by atoms with Gasteiger partial charge in [-0.25, -0.2) is 0 Å². The average molecular weight is 365 g/mol. The molecule has 0 radical (unpaired) electrons. The molecule has 1 atom stereocenters. The van der Waals surface area contributed by atoms with E-state index in [1.165, 1.54) is 14.2 Å². The minimum Gasteiger partial charge on any atom is -0.493 e. The Hall–Kier alpha value is -2.32. The number of carbonyl (C=O) groups is 2. The van der Waals surface area contributed by atoms with Crippen molar-refractivity contribution in [3.63, 3.8) is 0 Å². The van der Waals surface area contributed by atoms with Gasteiger partial charge in [0.15, 0.2) is 11.5 Å². The van der Waals surface area contributed by atoms with Crippen LogP contribution in [0.15, 0.2) is 18.2 Å². The summed E-state index contributed by atoms with van der Waals surface area (Å²) in [6.45, 7) is 5.70. The highest BCUT2D eigenvalue weighted by Gasteiger charge is 2.18. The summed E-state index contributed by atoms with van der Waals surface area (Å²) in [7, 11) is 3.03. The highest BCUT2D eigenvalue weighted by Crippen LogP contribution is 2.27. The first-order valence-electron chi connectivity index (χ1n) is 8.64. The smallest absolute Gasteiger partial charge is 0.251 e. The molecular weight excluding hydrogens is 338 g/mol. The van der Waals surface area contributed by atoms with Gasteiger partial charge in [0, 0.05) is 31.2 Å². The molecule has 8 nitrogen and oxygen atoms in total. The first-order chi connectivity index (χ1) is 12.5. The third-order valence-corrected chi connectivity index (χ3v) is 4.32. The molecule has 1 fully saturated rings. The van der Waals surface area contributed by atoms with E-state index in [2.05, 4.69) is 22.5 Å². The predicted molar refractivity (Wildman–Crippen MR) is 96.7 cm³/mol. The zero-order valence-electron chi connectivity index (χ0n) is 15.5. The quantitative estimate of drug-likeness (QED) is 0.688. The summed E-state index contributed by atoms with van der Waals surface area (Å²) in [6, 6.07) is 5.07. The van der Waals surface area contributed by atoms with Crippen LogP contribution in [0.1, 0.15) is 17.3 Å². The second-order valence-corrected chi connectivity index (χ2v) is 6.05. The van der Waals surface area contributed by atoms with Crippen molar-refractivity contribution in [1.29, 1.82) is 0 Å². The van der Waals surface area contributed by atoms with E-state index in [4.69, 9.17) is 14.2 Å². The number of benzene rings is 1. The minimum absolute atomic E-state index is 0.0803. The number of nitrogens with zero attached hydrogens (tertiary/aromatic N) is 1. The molecule has 0 bridgehead atoms. The van der Waals surface area contributed by atoms with Crippen LogP contribution in [0.3, 0.4) is 0 Å². The van der Waals surface area contributed by atoms with Gasteiger partial charge in [-0.15, -0.1) is 0 Å². The highest BCUT2D eigenvalue weighted by molar-refractivity contribution is 5.97. The molecule has 0 saturated carbocycles. The van der Waals surface area contributed by atoms with Crippen LogP contribution in [0.5, 0.6) is 11.5 Å². The third-order valence-electron chi connectivity index (χ3n) is 4.32. The maximum atomic E-state index is 12.2. The lowest BCUT2D eigenvalue weighted by atomic mass is 10.2. The van der Waals surface area contributed by atoms with Crippen molar-refractivity contribution in [1.82, 2.24) is 15.5 Å². The second kappa shape index (κ2) is 9.98. The fourth-order valence-electron chi connectivity index (χ4n) is 2.71. The number of amides is 2. The first kappa shape index (κ1) is 20.0. The topological polar surface area (TPSA) is 89.1 Å². The Morgan fingerprint density at radius 1 is 1.15 bits per heavy atom. The van der Waals surface area contributed by atoms with Crippen molar-refractivity contribution in [2.75, 3.05) is 53.6 Å². The van der Waals surface area contributed by atoms with Crippen molar-refractivity contribution in [2.45, 2.75) is 13.0 Å². The average Bonchev–Trinajstić information content (AvgIpc) is 2.70. The Labute approximate surface area is 153 Å². The maximum absolute atomic E-state index is 12.2. The maximum Gasteiger partial charge on any atom is 0.251 e. The molecule has 1 aromatic carbocycles. The van der Waals surface area contributed by atoms with Gasteiger partial charge in [-0.05, 0) is 25.1 Å². The molecule has 1 aromatic rings. The van der Waals surface area contributed by atoms with Crippen LogP contribution in [-0.2, 0) is 9.53 Å². The normalized spacial score (nSPS) is 15.8. The molecule has 0 aromatic heterocycles. The summed E-state index contributed by atoms with van der Waals surface area (Å²) in [5.41, 5.74) is 0.400. The number of morpholine rings is 1. The van der Waals surface area contributed by atoms with Crippen LogP contribution >= 0.6 is 0 Å². The van der Waals surface area contributed by atoms with E-state index in [1.54, 1.807) is 18.2 Å². The molecule has 2 N–H and O–H groups in total. The molecule has 144 valence electrons. The van der Waals surface area contributed by atoms with Crippen molar-refractivity contribution in [2.24, 2.45) is 0 Å². The lowest BCUT2D eigenvalue weighted by Crippen LogP contribution is -2.48. The zero-order valence-corrected chi connectivity index (χ0v) is 15.5. The molecule has 8 heteroatoms. The number of carbonyl (C=O) groups excluding carboxylic acids is 2. The SMILES string of the molecule is COc1ccc(C(=O)NCC(=O)NCC(C)N2CCOCC2)cc1OC. The van der Waals surface area contributed by atoms with Crippen LogP contribution in [0.25, 0.3) is 0 Å². The zero-order chi connectivity index (χ0) is 18.9. The van der Waals surface area contributed by atoms with E-state index in [0.29, 0.717) is 23.6 Å². The molecule has 0 spiro atoms. The fraction of sp³-hybridized carbons (Fsp3) is 0.556. The molecule has 2 amide bonds. The number of rotatable bonds is 8. The molecule has 1 saturated heterocycles. The molecule has 1 unspecified atom stereocenters.